The molecule has 1 fully saturated rings. The molecule has 2 aliphatic heterocycles. The zero-order valence-electron chi connectivity index (χ0n) is 16.9. The molecule has 4 heterocycles. The topological polar surface area (TPSA) is 90.5 Å². The Labute approximate surface area is 172 Å². The van der Waals surface area contributed by atoms with Crippen LogP contribution < -0.4 is 20.4 Å². The molecule has 0 radical (unpaired) electrons. The van der Waals surface area contributed by atoms with Crippen LogP contribution in [-0.4, -0.2) is 65.7 Å². The number of amides is 3. The van der Waals surface area contributed by atoms with Crippen molar-refractivity contribution in [2.75, 3.05) is 52.9 Å². The average molecular weight is 415 g/mol. The average Bonchev–Trinajstić information content (AvgIpc) is 3.10. The van der Waals surface area contributed by atoms with Crippen molar-refractivity contribution in [2.24, 2.45) is 0 Å². The predicted octanol–water partition coefficient (Wildman–Crippen LogP) is 2.49. The smallest absolute Gasteiger partial charge is 0.329 e. The van der Waals surface area contributed by atoms with E-state index >= 15 is 0 Å². The molecule has 1 atom stereocenters. The number of hydrogen-bond donors (Lipinski definition) is 2. The SMILES string of the molecule is CS(C)(C)CNC(=O)c1ccc2c(n1)N(C(=O)Nc1ccccn1)[C@H]1CCN2C1. The molecule has 0 aliphatic carbocycles. The van der Waals surface area contributed by atoms with Crippen LogP contribution in [0.15, 0.2) is 36.5 Å². The van der Waals surface area contributed by atoms with Crippen molar-refractivity contribution in [3.63, 3.8) is 0 Å². The first-order chi connectivity index (χ1) is 13.8. The third-order valence-electron chi connectivity index (χ3n) is 4.97. The highest BCUT2D eigenvalue weighted by molar-refractivity contribution is 8.32. The highest BCUT2D eigenvalue weighted by Gasteiger charge is 2.40. The van der Waals surface area contributed by atoms with Crippen LogP contribution in [0.3, 0.4) is 0 Å². The van der Waals surface area contributed by atoms with Crippen LogP contribution in [0.5, 0.6) is 0 Å². The second-order valence-electron chi connectivity index (χ2n) is 8.18. The summed E-state index contributed by atoms with van der Waals surface area (Å²) in [5, 5.41) is 5.81. The van der Waals surface area contributed by atoms with Crippen LogP contribution in [0.2, 0.25) is 0 Å². The molecule has 1 saturated heterocycles. The lowest BCUT2D eigenvalue weighted by atomic mass is 10.1. The number of nitrogens with zero attached hydrogens (tertiary/aromatic N) is 4. The zero-order valence-corrected chi connectivity index (χ0v) is 17.7. The molecule has 154 valence electrons. The summed E-state index contributed by atoms with van der Waals surface area (Å²) in [4.78, 5) is 38.4. The molecule has 2 N–H and O–H groups in total. The summed E-state index contributed by atoms with van der Waals surface area (Å²) >= 11 is 0. The molecule has 0 unspecified atom stereocenters. The van der Waals surface area contributed by atoms with E-state index in [4.69, 9.17) is 0 Å². The van der Waals surface area contributed by atoms with Gasteiger partial charge < -0.3 is 10.2 Å². The zero-order chi connectivity index (χ0) is 20.6. The lowest BCUT2D eigenvalue weighted by molar-refractivity contribution is 0.0955. The number of rotatable bonds is 4. The van der Waals surface area contributed by atoms with Gasteiger partial charge in [0.2, 0.25) is 0 Å². The molecule has 2 aromatic rings. The molecule has 9 heteroatoms. The molecule has 3 amide bonds. The summed E-state index contributed by atoms with van der Waals surface area (Å²) in [5.41, 5.74) is 1.21. The number of urea groups is 1. The minimum atomic E-state index is -0.860. The van der Waals surface area contributed by atoms with E-state index < -0.39 is 10.0 Å². The van der Waals surface area contributed by atoms with Gasteiger partial charge in [-0.3, -0.25) is 15.0 Å². The van der Waals surface area contributed by atoms with Crippen molar-refractivity contribution in [3.05, 3.63) is 42.2 Å². The highest BCUT2D eigenvalue weighted by Crippen LogP contribution is 2.39. The number of aromatic nitrogens is 2. The maximum Gasteiger partial charge on any atom is 0.329 e. The molecule has 2 aliphatic rings. The van der Waals surface area contributed by atoms with Crippen LogP contribution in [0.1, 0.15) is 16.9 Å². The number of hydrogen-bond acceptors (Lipinski definition) is 5. The van der Waals surface area contributed by atoms with Crippen LogP contribution in [0.4, 0.5) is 22.1 Å². The number of pyridine rings is 2. The van der Waals surface area contributed by atoms with Crippen LogP contribution in [0.25, 0.3) is 0 Å². The van der Waals surface area contributed by atoms with Gasteiger partial charge in [-0.2, -0.15) is 0 Å². The van der Waals surface area contributed by atoms with Crippen LogP contribution in [-0.2, 0) is 0 Å². The lowest BCUT2D eigenvalue weighted by Crippen LogP contribution is -2.48. The lowest BCUT2D eigenvalue weighted by Gasteiger charge is -2.35. The molecule has 0 aromatic carbocycles. The number of carbonyl (C=O) groups excluding carboxylic acids is 2. The Morgan fingerprint density at radius 1 is 1.21 bits per heavy atom. The van der Waals surface area contributed by atoms with E-state index in [1.54, 1.807) is 29.3 Å². The Kier molecular flexibility index (Phi) is 5.08. The summed E-state index contributed by atoms with van der Waals surface area (Å²) in [5.74, 6) is 1.43. The van der Waals surface area contributed by atoms with Gasteiger partial charge in [-0.15, -0.1) is 0 Å². The van der Waals surface area contributed by atoms with Crippen LogP contribution in [0, 0.1) is 0 Å². The van der Waals surface area contributed by atoms with E-state index in [2.05, 4.69) is 44.3 Å². The van der Waals surface area contributed by atoms with Gasteiger partial charge in [-0.1, -0.05) is 6.07 Å². The maximum absolute atomic E-state index is 13.1. The van der Waals surface area contributed by atoms with Gasteiger partial charge in [0.25, 0.3) is 5.91 Å². The highest BCUT2D eigenvalue weighted by atomic mass is 32.3. The fraction of sp³-hybridized carbons (Fsp3) is 0.400. The Hall–Kier alpha value is -2.81. The summed E-state index contributed by atoms with van der Waals surface area (Å²) < 4.78 is 0. The molecule has 0 saturated carbocycles. The molecule has 29 heavy (non-hydrogen) atoms. The van der Waals surface area contributed by atoms with Gasteiger partial charge in [0.1, 0.15) is 11.5 Å². The quantitative estimate of drug-likeness (QED) is 0.802. The van der Waals surface area contributed by atoms with E-state index in [0.717, 1.165) is 25.2 Å². The second kappa shape index (κ2) is 7.55. The van der Waals surface area contributed by atoms with Crippen molar-refractivity contribution in [3.8, 4) is 0 Å². The first kappa shape index (κ1) is 19.5. The molecule has 2 aromatic heterocycles. The minimum absolute atomic E-state index is 0.0241. The Balaban J connectivity index is 1.62. The molecule has 4 rings (SSSR count). The van der Waals surface area contributed by atoms with Crippen molar-refractivity contribution >= 4 is 39.3 Å². The third-order valence-corrected chi connectivity index (χ3v) is 5.98. The summed E-state index contributed by atoms with van der Waals surface area (Å²) in [6.07, 6.45) is 8.92. The Morgan fingerprint density at radius 2 is 2.03 bits per heavy atom. The van der Waals surface area contributed by atoms with Gasteiger partial charge in [-0.05, 0) is 49.5 Å². The second-order valence-corrected chi connectivity index (χ2v) is 12.7. The van der Waals surface area contributed by atoms with Crippen molar-refractivity contribution in [1.29, 1.82) is 0 Å². The van der Waals surface area contributed by atoms with Gasteiger partial charge in [-0.25, -0.2) is 24.8 Å². The molecule has 8 nitrogen and oxygen atoms in total. The molecule has 0 spiro atoms. The molecule has 2 bridgehead atoms. The van der Waals surface area contributed by atoms with E-state index in [-0.39, 0.29) is 18.0 Å². The van der Waals surface area contributed by atoms with E-state index in [9.17, 15) is 9.59 Å². The number of fused-ring (bicyclic) bond motifs is 4. The van der Waals surface area contributed by atoms with E-state index in [1.807, 2.05) is 12.1 Å². The minimum Gasteiger partial charge on any atom is -0.366 e. The van der Waals surface area contributed by atoms with E-state index in [0.29, 0.717) is 23.2 Å². The molecular formula is C20H26N6O2S. The monoisotopic (exact) mass is 414 g/mol. The summed E-state index contributed by atoms with van der Waals surface area (Å²) in [6, 6.07) is 8.74. The van der Waals surface area contributed by atoms with Crippen molar-refractivity contribution in [1.82, 2.24) is 15.3 Å². The first-order valence-electron chi connectivity index (χ1n) is 9.53. The third kappa shape index (κ3) is 4.14. The fourth-order valence-corrected chi connectivity index (χ4v) is 4.14. The summed E-state index contributed by atoms with van der Waals surface area (Å²) in [7, 11) is -0.860. The first-order valence-corrected chi connectivity index (χ1v) is 12.6. The van der Waals surface area contributed by atoms with Crippen LogP contribution >= 0.6 is 10.0 Å². The maximum atomic E-state index is 13.1. The van der Waals surface area contributed by atoms with Crippen molar-refractivity contribution < 1.29 is 9.59 Å². The Bertz CT molecular complexity index is 930. The van der Waals surface area contributed by atoms with Gasteiger partial charge >= 0.3 is 6.03 Å². The number of carbonyl (C=O) groups is 2. The standard InChI is InChI=1S/C20H26N6O2S/c1-29(2,3)13-22-19(27)15-7-8-16-18(23-15)26(14-9-11-25(16)12-14)20(28)24-17-6-4-5-10-21-17/h4-8,10,14H,9,11-13H2,1-3H3,(H,22,27)(H,21,24,28)/t14-/m0/s1. The normalized spacial score (nSPS) is 18.2. The Morgan fingerprint density at radius 3 is 2.76 bits per heavy atom. The fourth-order valence-electron chi connectivity index (χ4n) is 3.58. The number of nitrogens with one attached hydrogen (secondary N) is 2. The largest absolute Gasteiger partial charge is 0.366 e. The van der Waals surface area contributed by atoms with Gasteiger partial charge in [0.15, 0.2) is 5.82 Å². The van der Waals surface area contributed by atoms with Gasteiger partial charge in [0, 0.05) is 25.2 Å². The van der Waals surface area contributed by atoms with E-state index in [1.165, 1.54) is 0 Å². The van der Waals surface area contributed by atoms with Gasteiger partial charge in [0.05, 0.1) is 11.7 Å². The summed E-state index contributed by atoms with van der Waals surface area (Å²) in [6.45, 7) is 1.63. The van der Waals surface area contributed by atoms with Crippen molar-refractivity contribution in [2.45, 2.75) is 12.5 Å². The number of anilines is 3. The molecular weight excluding hydrogens is 388 g/mol. The predicted molar refractivity (Wildman–Crippen MR) is 118 cm³/mol.